The van der Waals surface area contributed by atoms with Crippen LogP contribution in [0.1, 0.15) is 11.1 Å². The van der Waals surface area contributed by atoms with E-state index in [9.17, 15) is 9.90 Å². The van der Waals surface area contributed by atoms with Crippen LogP contribution in [0.25, 0.3) is 6.08 Å². The molecular weight excluding hydrogens is 356 g/mol. The molecule has 0 saturated heterocycles. The van der Waals surface area contributed by atoms with Crippen molar-refractivity contribution in [3.63, 3.8) is 0 Å². The van der Waals surface area contributed by atoms with Crippen LogP contribution in [0.15, 0.2) is 73.9 Å². The highest BCUT2D eigenvalue weighted by atomic mass is 16.5. The van der Waals surface area contributed by atoms with E-state index in [1.165, 1.54) is 6.08 Å². The van der Waals surface area contributed by atoms with E-state index >= 15 is 0 Å². The van der Waals surface area contributed by atoms with Crippen LogP contribution in [-0.2, 0) is 16.0 Å². The van der Waals surface area contributed by atoms with Crippen LogP contribution in [0.3, 0.4) is 0 Å². The summed E-state index contributed by atoms with van der Waals surface area (Å²) in [5, 5.41) is 9.70. The second-order valence-electron chi connectivity index (χ2n) is 5.79. The van der Waals surface area contributed by atoms with E-state index in [0.29, 0.717) is 31.1 Å². The number of carbonyl (C=O) groups excluding carboxylic acids is 1. The van der Waals surface area contributed by atoms with Gasteiger partial charge in [0, 0.05) is 12.5 Å². The van der Waals surface area contributed by atoms with E-state index in [0.717, 1.165) is 11.1 Å². The maximum absolute atomic E-state index is 11.9. The molecule has 0 atom stereocenters. The minimum absolute atomic E-state index is 0.183. The first-order valence-corrected chi connectivity index (χ1v) is 8.87. The smallest absolute Gasteiger partial charge is 0.330 e. The molecule has 0 aromatic heterocycles. The molecule has 0 saturated carbocycles. The number of phenolic OH excluding ortho intramolecular Hbond substituents is 1. The first-order chi connectivity index (χ1) is 13.6. The lowest BCUT2D eigenvalue weighted by atomic mass is 10.1. The molecule has 0 radical (unpaired) electrons. The van der Waals surface area contributed by atoms with E-state index in [1.54, 1.807) is 48.6 Å². The van der Waals surface area contributed by atoms with E-state index in [1.807, 2.05) is 12.1 Å². The Morgan fingerprint density at radius 3 is 2.43 bits per heavy atom. The quantitative estimate of drug-likeness (QED) is 0.357. The highest BCUT2D eigenvalue weighted by Crippen LogP contribution is 2.29. The highest BCUT2D eigenvalue weighted by Gasteiger charge is 2.06. The van der Waals surface area contributed by atoms with Crippen molar-refractivity contribution in [2.75, 3.05) is 19.8 Å². The fourth-order valence-electron chi connectivity index (χ4n) is 2.35. The molecule has 0 heterocycles. The highest BCUT2D eigenvalue weighted by molar-refractivity contribution is 5.87. The molecule has 28 heavy (non-hydrogen) atoms. The molecule has 0 amide bonds. The van der Waals surface area contributed by atoms with Gasteiger partial charge in [-0.2, -0.15) is 0 Å². The predicted octanol–water partition coefficient (Wildman–Crippen LogP) is 4.32. The summed E-state index contributed by atoms with van der Waals surface area (Å²) in [6, 6.07) is 12.3. The average molecular weight is 380 g/mol. The first kappa shape index (κ1) is 20.8. The first-order valence-electron chi connectivity index (χ1n) is 8.87. The number of rotatable bonds is 11. The lowest BCUT2D eigenvalue weighted by molar-refractivity contribution is -0.137. The Kier molecular flexibility index (Phi) is 8.40. The second kappa shape index (κ2) is 11.3. The number of phenols is 1. The number of benzene rings is 2. The monoisotopic (exact) mass is 380 g/mol. The van der Waals surface area contributed by atoms with Crippen LogP contribution in [0.2, 0.25) is 0 Å². The van der Waals surface area contributed by atoms with Crippen LogP contribution in [-0.4, -0.2) is 30.9 Å². The Labute approximate surface area is 165 Å². The summed E-state index contributed by atoms with van der Waals surface area (Å²) in [6.45, 7) is 8.14. The minimum Gasteiger partial charge on any atom is -0.508 e. The van der Waals surface area contributed by atoms with Gasteiger partial charge < -0.3 is 19.3 Å². The Morgan fingerprint density at radius 2 is 1.71 bits per heavy atom. The van der Waals surface area contributed by atoms with Crippen LogP contribution < -0.4 is 9.47 Å². The average Bonchev–Trinajstić information content (AvgIpc) is 2.71. The third kappa shape index (κ3) is 6.68. The van der Waals surface area contributed by atoms with Crippen molar-refractivity contribution >= 4 is 12.0 Å². The van der Waals surface area contributed by atoms with Crippen LogP contribution >= 0.6 is 0 Å². The number of esters is 1. The van der Waals surface area contributed by atoms with Gasteiger partial charge in [-0.25, -0.2) is 4.79 Å². The number of hydrogen-bond acceptors (Lipinski definition) is 5. The maximum Gasteiger partial charge on any atom is 0.330 e. The van der Waals surface area contributed by atoms with Crippen molar-refractivity contribution in [2.24, 2.45) is 0 Å². The normalized spacial score (nSPS) is 10.4. The van der Waals surface area contributed by atoms with Crippen molar-refractivity contribution in [3.05, 3.63) is 85.0 Å². The predicted molar refractivity (Wildman–Crippen MR) is 110 cm³/mol. The van der Waals surface area contributed by atoms with E-state index in [2.05, 4.69) is 13.2 Å². The van der Waals surface area contributed by atoms with Crippen molar-refractivity contribution in [2.45, 2.75) is 6.42 Å². The van der Waals surface area contributed by atoms with Gasteiger partial charge in [-0.15, -0.1) is 0 Å². The maximum atomic E-state index is 11.9. The molecule has 2 aromatic rings. The van der Waals surface area contributed by atoms with E-state index in [4.69, 9.17) is 14.2 Å². The fourth-order valence-corrected chi connectivity index (χ4v) is 2.35. The molecule has 0 aliphatic carbocycles. The van der Waals surface area contributed by atoms with E-state index in [-0.39, 0.29) is 12.4 Å². The van der Waals surface area contributed by atoms with Gasteiger partial charge in [0.1, 0.15) is 19.0 Å². The zero-order valence-electron chi connectivity index (χ0n) is 15.7. The van der Waals surface area contributed by atoms with Gasteiger partial charge in [-0.3, -0.25) is 0 Å². The van der Waals surface area contributed by atoms with Gasteiger partial charge in [0.05, 0.1) is 6.61 Å². The molecule has 2 aromatic carbocycles. The van der Waals surface area contributed by atoms with Gasteiger partial charge in [-0.05, 0) is 35.4 Å². The van der Waals surface area contributed by atoms with Crippen molar-refractivity contribution < 1.29 is 24.1 Å². The zero-order valence-corrected chi connectivity index (χ0v) is 15.7. The van der Waals surface area contributed by atoms with Crippen LogP contribution in [0.4, 0.5) is 0 Å². The summed E-state index contributed by atoms with van der Waals surface area (Å²) in [4.78, 5) is 11.9. The third-order valence-corrected chi connectivity index (χ3v) is 3.70. The van der Waals surface area contributed by atoms with E-state index < -0.39 is 5.97 Å². The fraction of sp³-hybridized carbons (Fsp3) is 0.174. The SMILES string of the molecule is C=CCOc1ccc(/C=C/C(=O)OCCc2ccccc2O)cc1OCC=C. The summed E-state index contributed by atoms with van der Waals surface area (Å²) in [5.41, 5.74) is 1.50. The summed E-state index contributed by atoms with van der Waals surface area (Å²) in [7, 11) is 0. The second-order valence-corrected chi connectivity index (χ2v) is 5.79. The number of para-hydroxylation sites is 1. The zero-order chi connectivity index (χ0) is 20.2. The van der Waals surface area contributed by atoms with Gasteiger partial charge in [0.15, 0.2) is 11.5 Å². The molecule has 0 aliphatic rings. The number of carbonyl (C=O) groups is 1. The Morgan fingerprint density at radius 1 is 1.00 bits per heavy atom. The Bertz CT molecular complexity index is 839. The van der Waals surface area contributed by atoms with Crippen molar-refractivity contribution in [1.29, 1.82) is 0 Å². The number of hydrogen-bond donors (Lipinski definition) is 1. The minimum atomic E-state index is -0.462. The summed E-state index contributed by atoms with van der Waals surface area (Å²) >= 11 is 0. The number of aromatic hydroxyl groups is 1. The van der Waals surface area contributed by atoms with Crippen LogP contribution in [0, 0.1) is 0 Å². The summed E-state index contributed by atoms with van der Waals surface area (Å²) in [6.07, 6.45) is 6.72. The molecule has 5 nitrogen and oxygen atoms in total. The van der Waals surface area contributed by atoms with Gasteiger partial charge in [0.25, 0.3) is 0 Å². The lowest BCUT2D eigenvalue weighted by Gasteiger charge is -2.11. The molecule has 2 rings (SSSR count). The summed E-state index contributed by atoms with van der Waals surface area (Å²) < 4.78 is 16.3. The van der Waals surface area contributed by atoms with Crippen LogP contribution in [0.5, 0.6) is 17.2 Å². The topological polar surface area (TPSA) is 65.0 Å². The Hall–Kier alpha value is -3.47. The lowest BCUT2D eigenvalue weighted by Crippen LogP contribution is -2.04. The van der Waals surface area contributed by atoms with Gasteiger partial charge in [-0.1, -0.05) is 49.6 Å². The molecule has 0 fully saturated rings. The van der Waals surface area contributed by atoms with Gasteiger partial charge in [0.2, 0.25) is 0 Å². The standard InChI is InChI=1S/C23H24O5/c1-3-14-26-21-11-9-18(17-22(21)27-15-4-2)10-12-23(25)28-16-13-19-7-5-6-8-20(19)24/h3-12,17,24H,1-2,13-16H2/b12-10+. The number of ether oxygens (including phenoxy) is 3. The molecule has 5 heteroatoms. The molecule has 146 valence electrons. The molecule has 0 spiro atoms. The van der Waals surface area contributed by atoms with Gasteiger partial charge >= 0.3 is 5.97 Å². The summed E-state index contributed by atoms with van der Waals surface area (Å²) in [5.74, 6) is 0.872. The molecule has 0 aliphatic heterocycles. The molecular formula is C23H24O5. The molecule has 1 N–H and O–H groups in total. The largest absolute Gasteiger partial charge is 0.508 e. The molecule has 0 bridgehead atoms. The molecule has 0 unspecified atom stereocenters. The third-order valence-electron chi connectivity index (χ3n) is 3.70. The van der Waals surface area contributed by atoms with Crippen molar-refractivity contribution in [3.8, 4) is 17.2 Å². The Balaban J connectivity index is 1.93. The van der Waals surface area contributed by atoms with Crippen molar-refractivity contribution in [1.82, 2.24) is 0 Å².